The Morgan fingerprint density at radius 2 is 2.00 bits per heavy atom. The van der Waals surface area contributed by atoms with Crippen LogP contribution in [0.4, 0.5) is 0 Å². The van der Waals surface area contributed by atoms with Crippen molar-refractivity contribution in [1.29, 1.82) is 0 Å². The number of nitrogens with one attached hydrogen (secondary N) is 1. The Morgan fingerprint density at radius 3 is 2.71 bits per heavy atom. The molecule has 2 heterocycles. The molecule has 0 saturated carbocycles. The number of piperidine rings is 1. The van der Waals surface area contributed by atoms with Gasteiger partial charge in [-0.25, -0.2) is 8.42 Å². The first kappa shape index (κ1) is 15.0. The third-order valence-corrected chi connectivity index (χ3v) is 6.82. The summed E-state index contributed by atoms with van der Waals surface area (Å²) in [7, 11) is -3.35. The summed E-state index contributed by atoms with van der Waals surface area (Å²) in [4.78, 5) is 0.463. The first-order valence-electron chi connectivity index (χ1n) is 7.88. The summed E-state index contributed by atoms with van der Waals surface area (Å²) in [5.74, 6) is 0.458. The predicted octanol–water partition coefficient (Wildman–Crippen LogP) is 2.15. The molecule has 1 N–H and O–H groups in total. The molecule has 0 bridgehead atoms. The number of nitrogens with zero attached hydrogens (tertiary/aromatic N) is 1. The molecule has 0 aromatic heterocycles. The normalized spacial score (nSPS) is 27.9. The zero-order valence-electron chi connectivity index (χ0n) is 12.6. The van der Waals surface area contributed by atoms with Crippen molar-refractivity contribution in [3.8, 4) is 0 Å². The zero-order chi connectivity index (χ0) is 14.9. The first-order valence-corrected chi connectivity index (χ1v) is 9.32. The molecule has 1 aromatic rings. The Labute approximate surface area is 127 Å². The summed E-state index contributed by atoms with van der Waals surface area (Å²) in [6, 6.07) is 7.78. The van der Waals surface area contributed by atoms with Gasteiger partial charge in [-0.1, -0.05) is 18.2 Å². The van der Waals surface area contributed by atoms with Gasteiger partial charge in [0, 0.05) is 19.1 Å². The van der Waals surface area contributed by atoms with Crippen molar-refractivity contribution in [2.45, 2.75) is 43.5 Å². The van der Waals surface area contributed by atoms with Crippen LogP contribution in [0.1, 0.15) is 31.2 Å². The van der Waals surface area contributed by atoms with Gasteiger partial charge in [-0.15, -0.1) is 0 Å². The van der Waals surface area contributed by atoms with Gasteiger partial charge in [0.15, 0.2) is 0 Å². The van der Waals surface area contributed by atoms with Crippen LogP contribution in [0, 0.1) is 12.8 Å². The van der Waals surface area contributed by atoms with E-state index < -0.39 is 10.0 Å². The molecule has 116 valence electrons. The van der Waals surface area contributed by atoms with Crippen molar-refractivity contribution < 1.29 is 8.42 Å². The van der Waals surface area contributed by atoms with Gasteiger partial charge >= 0.3 is 0 Å². The molecule has 0 spiro atoms. The molecule has 2 atom stereocenters. The van der Waals surface area contributed by atoms with Gasteiger partial charge in [-0.3, -0.25) is 0 Å². The fraction of sp³-hybridized carbons (Fsp3) is 0.625. The molecule has 2 saturated heterocycles. The number of sulfonamides is 1. The summed E-state index contributed by atoms with van der Waals surface area (Å²) in [5.41, 5.74) is 0.832. The fourth-order valence-corrected chi connectivity index (χ4v) is 5.38. The Hall–Kier alpha value is -0.910. The van der Waals surface area contributed by atoms with Crippen LogP contribution >= 0.6 is 0 Å². The highest BCUT2D eigenvalue weighted by atomic mass is 32.2. The first-order chi connectivity index (χ1) is 10.1. The smallest absolute Gasteiger partial charge is 0.243 e. The zero-order valence-corrected chi connectivity index (χ0v) is 13.4. The molecule has 21 heavy (non-hydrogen) atoms. The SMILES string of the molecule is Cc1ccccc1S(=O)(=O)N1CCCC(C2CCCN2)C1. The minimum Gasteiger partial charge on any atom is -0.314 e. The second-order valence-corrected chi connectivity index (χ2v) is 8.14. The summed E-state index contributed by atoms with van der Waals surface area (Å²) in [6.45, 7) is 4.26. The van der Waals surface area contributed by atoms with Gasteiger partial charge in [-0.2, -0.15) is 4.31 Å². The Kier molecular flexibility index (Phi) is 4.33. The molecule has 2 fully saturated rings. The highest BCUT2D eigenvalue weighted by Gasteiger charge is 2.34. The summed E-state index contributed by atoms with van der Waals surface area (Å²) in [6.07, 6.45) is 4.50. The third-order valence-electron chi connectivity index (χ3n) is 4.80. The van der Waals surface area contributed by atoms with Gasteiger partial charge in [0.05, 0.1) is 4.90 Å². The number of rotatable bonds is 3. The highest BCUT2D eigenvalue weighted by molar-refractivity contribution is 7.89. The van der Waals surface area contributed by atoms with Crippen LogP contribution in [0.2, 0.25) is 0 Å². The lowest BCUT2D eigenvalue weighted by Crippen LogP contribution is -2.45. The van der Waals surface area contributed by atoms with Crippen LogP contribution in [-0.4, -0.2) is 38.4 Å². The number of aryl methyl sites for hydroxylation is 1. The van der Waals surface area contributed by atoms with Crippen molar-refractivity contribution in [2.75, 3.05) is 19.6 Å². The molecule has 1 aromatic carbocycles. The molecular formula is C16H24N2O2S. The predicted molar refractivity (Wildman–Crippen MR) is 83.7 cm³/mol. The monoisotopic (exact) mass is 308 g/mol. The maximum Gasteiger partial charge on any atom is 0.243 e. The molecule has 2 unspecified atom stereocenters. The average molecular weight is 308 g/mol. The molecule has 2 aliphatic heterocycles. The van der Waals surface area contributed by atoms with E-state index in [9.17, 15) is 8.42 Å². The van der Waals surface area contributed by atoms with E-state index in [2.05, 4.69) is 5.32 Å². The summed E-state index contributed by atoms with van der Waals surface area (Å²) < 4.78 is 27.4. The summed E-state index contributed by atoms with van der Waals surface area (Å²) in [5, 5.41) is 3.53. The number of benzene rings is 1. The average Bonchev–Trinajstić information content (AvgIpc) is 3.02. The van der Waals surface area contributed by atoms with Gasteiger partial charge in [0.2, 0.25) is 10.0 Å². The van der Waals surface area contributed by atoms with Crippen molar-refractivity contribution in [3.63, 3.8) is 0 Å². The second kappa shape index (κ2) is 6.07. The van der Waals surface area contributed by atoms with E-state index in [1.807, 2.05) is 19.1 Å². The Balaban J connectivity index is 1.80. The second-order valence-electron chi connectivity index (χ2n) is 6.23. The summed E-state index contributed by atoms with van der Waals surface area (Å²) >= 11 is 0. The van der Waals surface area contributed by atoms with E-state index in [-0.39, 0.29) is 0 Å². The largest absolute Gasteiger partial charge is 0.314 e. The molecule has 5 heteroatoms. The molecular weight excluding hydrogens is 284 g/mol. The van der Waals surface area contributed by atoms with Crippen LogP contribution < -0.4 is 5.32 Å². The lowest BCUT2D eigenvalue weighted by Gasteiger charge is -2.35. The van der Waals surface area contributed by atoms with E-state index in [1.54, 1.807) is 16.4 Å². The third kappa shape index (κ3) is 3.00. The fourth-order valence-electron chi connectivity index (χ4n) is 3.62. The van der Waals surface area contributed by atoms with Gasteiger partial charge < -0.3 is 5.32 Å². The van der Waals surface area contributed by atoms with Crippen molar-refractivity contribution in [1.82, 2.24) is 9.62 Å². The van der Waals surface area contributed by atoms with Crippen LogP contribution in [0.25, 0.3) is 0 Å². The van der Waals surface area contributed by atoms with E-state index in [0.29, 0.717) is 29.9 Å². The topological polar surface area (TPSA) is 49.4 Å². The number of hydrogen-bond acceptors (Lipinski definition) is 3. The van der Waals surface area contributed by atoms with Crippen LogP contribution in [0.5, 0.6) is 0 Å². The van der Waals surface area contributed by atoms with Gasteiger partial charge in [-0.05, 0) is 56.7 Å². The van der Waals surface area contributed by atoms with Crippen LogP contribution in [-0.2, 0) is 10.0 Å². The van der Waals surface area contributed by atoms with Crippen LogP contribution in [0.15, 0.2) is 29.2 Å². The highest BCUT2D eigenvalue weighted by Crippen LogP contribution is 2.29. The van der Waals surface area contributed by atoms with Gasteiger partial charge in [0.25, 0.3) is 0 Å². The maximum atomic E-state index is 12.9. The number of hydrogen-bond donors (Lipinski definition) is 1. The minimum absolute atomic E-state index is 0.458. The Bertz CT molecular complexity index is 594. The standard InChI is InChI=1S/C16H24N2O2S/c1-13-6-2-3-9-16(13)21(19,20)18-11-5-7-14(12-18)15-8-4-10-17-15/h2-3,6,9,14-15,17H,4-5,7-8,10-12H2,1H3. The van der Waals surface area contributed by atoms with Crippen molar-refractivity contribution in [2.24, 2.45) is 5.92 Å². The van der Waals surface area contributed by atoms with Crippen LogP contribution in [0.3, 0.4) is 0 Å². The molecule has 0 aliphatic carbocycles. The molecule has 3 rings (SSSR count). The van der Waals surface area contributed by atoms with E-state index in [1.165, 1.54) is 12.8 Å². The lowest BCUT2D eigenvalue weighted by atomic mass is 9.91. The van der Waals surface area contributed by atoms with E-state index >= 15 is 0 Å². The molecule has 4 nitrogen and oxygen atoms in total. The lowest BCUT2D eigenvalue weighted by molar-refractivity contribution is 0.226. The maximum absolute atomic E-state index is 12.9. The molecule has 0 radical (unpaired) electrons. The van der Waals surface area contributed by atoms with Crippen molar-refractivity contribution in [3.05, 3.63) is 29.8 Å². The van der Waals surface area contributed by atoms with Crippen molar-refractivity contribution >= 4 is 10.0 Å². The minimum atomic E-state index is -3.35. The molecule has 0 amide bonds. The van der Waals surface area contributed by atoms with E-state index in [4.69, 9.17) is 0 Å². The van der Waals surface area contributed by atoms with Gasteiger partial charge in [0.1, 0.15) is 0 Å². The van der Waals surface area contributed by atoms with E-state index in [0.717, 1.165) is 24.9 Å². The molecule has 2 aliphatic rings. The Morgan fingerprint density at radius 1 is 1.19 bits per heavy atom. The quantitative estimate of drug-likeness (QED) is 0.931.